The Hall–Kier alpha value is -1.92. The molecule has 0 aromatic heterocycles. The van der Waals surface area contributed by atoms with Crippen LogP contribution in [0.2, 0.25) is 0 Å². The Morgan fingerprint density at radius 3 is 2.37 bits per heavy atom. The van der Waals surface area contributed by atoms with Gasteiger partial charge in [0.05, 0.1) is 11.3 Å². The quantitative estimate of drug-likeness (QED) is 0.675. The summed E-state index contributed by atoms with van der Waals surface area (Å²) in [7, 11) is 0. The third-order valence-corrected chi connectivity index (χ3v) is 3.90. The van der Waals surface area contributed by atoms with E-state index < -0.39 is 0 Å². The fourth-order valence-electron chi connectivity index (χ4n) is 2.05. The molecule has 0 bridgehead atoms. The van der Waals surface area contributed by atoms with Gasteiger partial charge in [0.1, 0.15) is 6.07 Å². The molecule has 96 valence electrons. The standard InChI is InChI=1S/C16H16N2S/c1-11-5-12(2)7-13(6-11)10-19-15-4-3-14(9-17)16(18)8-15/h3-8H,10,18H2,1-2H3. The molecule has 0 aliphatic rings. The third kappa shape index (κ3) is 3.52. The van der Waals surface area contributed by atoms with E-state index in [1.54, 1.807) is 17.8 Å². The number of anilines is 1. The van der Waals surface area contributed by atoms with Crippen LogP contribution in [0.4, 0.5) is 5.69 Å². The maximum Gasteiger partial charge on any atom is 0.101 e. The number of benzene rings is 2. The van der Waals surface area contributed by atoms with Crippen molar-refractivity contribution in [2.24, 2.45) is 0 Å². The van der Waals surface area contributed by atoms with Crippen LogP contribution < -0.4 is 5.73 Å². The molecule has 0 saturated heterocycles. The van der Waals surface area contributed by atoms with Crippen LogP contribution in [0.15, 0.2) is 41.3 Å². The predicted octanol–water partition coefficient (Wildman–Crippen LogP) is 4.05. The van der Waals surface area contributed by atoms with Gasteiger partial charge in [-0.05, 0) is 37.6 Å². The zero-order chi connectivity index (χ0) is 13.8. The lowest BCUT2D eigenvalue weighted by Crippen LogP contribution is -1.90. The van der Waals surface area contributed by atoms with Gasteiger partial charge in [-0.15, -0.1) is 11.8 Å². The monoisotopic (exact) mass is 268 g/mol. The fraction of sp³-hybridized carbons (Fsp3) is 0.188. The largest absolute Gasteiger partial charge is 0.398 e. The maximum atomic E-state index is 8.84. The Bertz CT molecular complexity index is 621. The molecule has 0 unspecified atom stereocenters. The molecule has 2 nitrogen and oxygen atoms in total. The van der Waals surface area contributed by atoms with Crippen LogP contribution in [0.3, 0.4) is 0 Å². The molecule has 3 heteroatoms. The van der Waals surface area contributed by atoms with Crippen molar-refractivity contribution in [2.45, 2.75) is 24.5 Å². The van der Waals surface area contributed by atoms with E-state index in [9.17, 15) is 0 Å². The molecule has 2 aromatic rings. The first kappa shape index (κ1) is 13.5. The number of nitriles is 1. The molecule has 2 rings (SSSR count). The van der Waals surface area contributed by atoms with Gasteiger partial charge in [-0.25, -0.2) is 0 Å². The predicted molar refractivity (Wildman–Crippen MR) is 81.0 cm³/mol. The third-order valence-electron chi connectivity index (χ3n) is 2.83. The smallest absolute Gasteiger partial charge is 0.101 e. The fourth-order valence-corrected chi connectivity index (χ4v) is 2.93. The van der Waals surface area contributed by atoms with Gasteiger partial charge in [0, 0.05) is 10.6 Å². The Balaban J connectivity index is 2.10. The van der Waals surface area contributed by atoms with Crippen LogP contribution >= 0.6 is 11.8 Å². The van der Waals surface area contributed by atoms with Crippen molar-refractivity contribution in [1.29, 1.82) is 5.26 Å². The summed E-state index contributed by atoms with van der Waals surface area (Å²) in [5.41, 5.74) is 10.8. The van der Waals surface area contributed by atoms with Crippen LogP contribution in [-0.2, 0) is 5.75 Å². The molecule has 0 atom stereocenters. The maximum absolute atomic E-state index is 8.84. The van der Waals surface area contributed by atoms with E-state index >= 15 is 0 Å². The number of nitrogens with zero attached hydrogens (tertiary/aromatic N) is 1. The Kier molecular flexibility index (Phi) is 4.13. The highest BCUT2D eigenvalue weighted by molar-refractivity contribution is 7.98. The molecule has 0 aliphatic carbocycles. The highest BCUT2D eigenvalue weighted by Crippen LogP contribution is 2.26. The van der Waals surface area contributed by atoms with E-state index in [2.05, 4.69) is 38.1 Å². The van der Waals surface area contributed by atoms with Gasteiger partial charge >= 0.3 is 0 Å². The minimum absolute atomic E-state index is 0.538. The second kappa shape index (κ2) is 5.81. The van der Waals surface area contributed by atoms with Crippen molar-refractivity contribution in [3.8, 4) is 6.07 Å². The highest BCUT2D eigenvalue weighted by atomic mass is 32.2. The summed E-state index contributed by atoms with van der Waals surface area (Å²) in [6, 6.07) is 14.2. The minimum atomic E-state index is 0.538. The Morgan fingerprint density at radius 2 is 1.79 bits per heavy atom. The minimum Gasteiger partial charge on any atom is -0.398 e. The van der Waals surface area contributed by atoms with Crippen molar-refractivity contribution >= 4 is 17.4 Å². The van der Waals surface area contributed by atoms with E-state index in [0.29, 0.717) is 11.3 Å². The first-order chi connectivity index (χ1) is 9.08. The first-order valence-electron chi connectivity index (χ1n) is 6.08. The van der Waals surface area contributed by atoms with Crippen LogP contribution in [0.5, 0.6) is 0 Å². The zero-order valence-corrected chi connectivity index (χ0v) is 11.9. The van der Waals surface area contributed by atoms with Crippen molar-refractivity contribution in [1.82, 2.24) is 0 Å². The lowest BCUT2D eigenvalue weighted by Gasteiger charge is -2.06. The number of nitrogen functional groups attached to an aromatic ring is 1. The SMILES string of the molecule is Cc1cc(C)cc(CSc2ccc(C#N)c(N)c2)c1. The Labute approximate surface area is 118 Å². The van der Waals surface area contributed by atoms with Gasteiger partial charge < -0.3 is 5.73 Å². The molecule has 0 saturated carbocycles. The van der Waals surface area contributed by atoms with E-state index in [1.165, 1.54) is 16.7 Å². The number of thioether (sulfide) groups is 1. The van der Waals surface area contributed by atoms with Crippen LogP contribution in [0, 0.1) is 25.2 Å². The summed E-state index contributed by atoms with van der Waals surface area (Å²) >= 11 is 1.73. The molecule has 2 aromatic carbocycles. The van der Waals surface area contributed by atoms with Crippen LogP contribution in [0.1, 0.15) is 22.3 Å². The molecule has 0 heterocycles. The topological polar surface area (TPSA) is 49.8 Å². The summed E-state index contributed by atoms with van der Waals surface area (Å²) in [6.07, 6.45) is 0. The first-order valence-corrected chi connectivity index (χ1v) is 7.06. The molecular formula is C16H16N2S. The molecule has 0 fully saturated rings. The van der Waals surface area contributed by atoms with Crippen molar-refractivity contribution in [3.63, 3.8) is 0 Å². The van der Waals surface area contributed by atoms with Crippen molar-refractivity contribution < 1.29 is 0 Å². The number of aryl methyl sites for hydroxylation is 2. The van der Waals surface area contributed by atoms with E-state index in [1.807, 2.05) is 12.1 Å². The molecule has 0 radical (unpaired) electrons. The summed E-state index contributed by atoms with van der Waals surface area (Å²) in [4.78, 5) is 1.09. The van der Waals surface area contributed by atoms with E-state index in [0.717, 1.165) is 10.6 Å². The molecule has 19 heavy (non-hydrogen) atoms. The molecule has 0 spiro atoms. The normalized spacial score (nSPS) is 10.2. The lowest BCUT2D eigenvalue weighted by molar-refractivity contribution is 1.29. The van der Waals surface area contributed by atoms with Gasteiger partial charge in [-0.3, -0.25) is 0 Å². The average Bonchev–Trinajstić information content (AvgIpc) is 2.35. The number of hydrogen-bond donors (Lipinski definition) is 1. The summed E-state index contributed by atoms with van der Waals surface area (Å²) in [5, 5.41) is 8.84. The van der Waals surface area contributed by atoms with E-state index in [4.69, 9.17) is 11.0 Å². The van der Waals surface area contributed by atoms with Gasteiger partial charge in [0.25, 0.3) is 0 Å². The van der Waals surface area contributed by atoms with Gasteiger partial charge in [-0.2, -0.15) is 5.26 Å². The molecular weight excluding hydrogens is 252 g/mol. The number of hydrogen-bond acceptors (Lipinski definition) is 3. The van der Waals surface area contributed by atoms with Crippen molar-refractivity contribution in [2.75, 3.05) is 5.73 Å². The summed E-state index contributed by atoms with van der Waals surface area (Å²) < 4.78 is 0. The van der Waals surface area contributed by atoms with Crippen LogP contribution in [0.25, 0.3) is 0 Å². The van der Waals surface area contributed by atoms with Gasteiger partial charge in [0.15, 0.2) is 0 Å². The number of nitrogens with two attached hydrogens (primary N) is 1. The summed E-state index contributed by atoms with van der Waals surface area (Å²) in [6.45, 7) is 4.22. The lowest BCUT2D eigenvalue weighted by atomic mass is 10.1. The molecule has 2 N–H and O–H groups in total. The Morgan fingerprint density at radius 1 is 1.11 bits per heavy atom. The summed E-state index contributed by atoms with van der Waals surface area (Å²) in [5.74, 6) is 0.911. The highest BCUT2D eigenvalue weighted by Gasteiger charge is 2.02. The van der Waals surface area contributed by atoms with Gasteiger partial charge in [0.2, 0.25) is 0 Å². The van der Waals surface area contributed by atoms with Gasteiger partial charge in [-0.1, -0.05) is 29.3 Å². The van der Waals surface area contributed by atoms with Crippen molar-refractivity contribution in [3.05, 3.63) is 58.7 Å². The number of rotatable bonds is 3. The average molecular weight is 268 g/mol. The van der Waals surface area contributed by atoms with Crippen LogP contribution in [-0.4, -0.2) is 0 Å². The van der Waals surface area contributed by atoms with E-state index in [-0.39, 0.29) is 0 Å². The second-order valence-corrected chi connectivity index (χ2v) is 5.69. The zero-order valence-electron chi connectivity index (χ0n) is 11.1. The molecule has 0 aliphatic heterocycles. The second-order valence-electron chi connectivity index (χ2n) is 4.65. The molecule has 0 amide bonds.